The van der Waals surface area contributed by atoms with Gasteiger partial charge in [0.2, 0.25) is 5.82 Å². The highest BCUT2D eigenvalue weighted by atomic mass is 79.9. The van der Waals surface area contributed by atoms with Gasteiger partial charge in [-0.2, -0.15) is 4.39 Å². The minimum absolute atomic E-state index is 0.219. The zero-order chi connectivity index (χ0) is 9.30. The summed E-state index contributed by atoms with van der Waals surface area (Å²) in [4.78, 5) is 0. The smallest absolute Gasteiger partial charge is 0.201 e. The molecule has 66 valence electrons. The lowest BCUT2D eigenvalue weighted by molar-refractivity contribution is 0.363. The summed E-state index contributed by atoms with van der Waals surface area (Å²) in [7, 11) is 1.13. The van der Waals surface area contributed by atoms with Crippen molar-refractivity contribution in [2.45, 2.75) is 0 Å². The van der Waals surface area contributed by atoms with Crippen molar-refractivity contribution in [2.75, 3.05) is 7.11 Å². The van der Waals surface area contributed by atoms with E-state index in [0.29, 0.717) is 6.07 Å². The zero-order valence-corrected chi connectivity index (χ0v) is 7.58. The zero-order valence-electron chi connectivity index (χ0n) is 6.00. The molecule has 0 aliphatic heterocycles. The van der Waals surface area contributed by atoms with E-state index in [4.69, 9.17) is 0 Å². The van der Waals surface area contributed by atoms with Gasteiger partial charge in [-0.1, -0.05) is 0 Å². The molecule has 0 atom stereocenters. The van der Waals surface area contributed by atoms with Crippen LogP contribution in [0.2, 0.25) is 0 Å². The Hall–Kier alpha value is -0.710. The third-order valence-corrected chi connectivity index (χ3v) is 2.01. The fourth-order valence-corrected chi connectivity index (χ4v) is 1.18. The Balaban J connectivity index is 3.42. The highest BCUT2D eigenvalue weighted by Crippen LogP contribution is 2.31. The Morgan fingerprint density at radius 2 is 1.83 bits per heavy atom. The Morgan fingerprint density at radius 3 is 2.33 bits per heavy atom. The SMILES string of the molecule is COc1c(F)c(F)cc(F)c1Br. The maximum Gasteiger partial charge on any atom is 0.201 e. The minimum atomic E-state index is -1.27. The molecule has 5 heteroatoms. The molecule has 0 unspecified atom stereocenters. The lowest BCUT2D eigenvalue weighted by Gasteiger charge is -2.05. The van der Waals surface area contributed by atoms with Crippen LogP contribution in [0.25, 0.3) is 0 Å². The predicted molar refractivity (Wildman–Crippen MR) is 40.6 cm³/mol. The molecular weight excluding hydrogens is 237 g/mol. The van der Waals surface area contributed by atoms with Crippen molar-refractivity contribution in [3.05, 3.63) is 28.0 Å². The molecule has 0 heterocycles. The van der Waals surface area contributed by atoms with Crippen molar-refractivity contribution in [1.82, 2.24) is 0 Å². The topological polar surface area (TPSA) is 9.23 Å². The average Bonchev–Trinajstić information content (AvgIpc) is 2.02. The van der Waals surface area contributed by atoms with E-state index in [0.717, 1.165) is 7.11 Å². The van der Waals surface area contributed by atoms with Crippen LogP contribution in [0, 0.1) is 17.5 Å². The van der Waals surface area contributed by atoms with Gasteiger partial charge in [-0.25, -0.2) is 8.78 Å². The first kappa shape index (κ1) is 9.38. The molecule has 0 spiro atoms. The van der Waals surface area contributed by atoms with E-state index in [-0.39, 0.29) is 4.47 Å². The molecule has 0 amide bonds. The Bertz CT molecular complexity index is 288. The van der Waals surface area contributed by atoms with Crippen molar-refractivity contribution in [3.63, 3.8) is 0 Å². The molecule has 0 aromatic heterocycles. The first-order valence-electron chi connectivity index (χ1n) is 2.95. The second-order valence-electron chi connectivity index (χ2n) is 2.00. The Labute approximate surface area is 75.3 Å². The van der Waals surface area contributed by atoms with Gasteiger partial charge in [0.15, 0.2) is 11.6 Å². The number of ether oxygens (including phenoxy) is 1. The summed E-state index contributed by atoms with van der Waals surface area (Å²) in [6, 6.07) is 0.446. The summed E-state index contributed by atoms with van der Waals surface area (Å²) in [5, 5.41) is 0. The summed E-state index contributed by atoms with van der Waals surface area (Å²) in [6.07, 6.45) is 0. The molecule has 0 aliphatic rings. The van der Waals surface area contributed by atoms with Gasteiger partial charge in [0.25, 0.3) is 0 Å². The molecule has 12 heavy (non-hydrogen) atoms. The summed E-state index contributed by atoms with van der Waals surface area (Å²) in [5.74, 6) is -3.84. The monoisotopic (exact) mass is 240 g/mol. The van der Waals surface area contributed by atoms with Gasteiger partial charge in [0.05, 0.1) is 11.6 Å². The summed E-state index contributed by atoms with van der Waals surface area (Å²) < 4.78 is 42.1. The van der Waals surface area contributed by atoms with Crippen LogP contribution in [0.1, 0.15) is 0 Å². The number of hydrogen-bond acceptors (Lipinski definition) is 1. The molecule has 0 saturated carbocycles. The van der Waals surface area contributed by atoms with Crippen molar-refractivity contribution in [3.8, 4) is 5.75 Å². The van der Waals surface area contributed by atoms with Crippen LogP contribution >= 0.6 is 15.9 Å². The van der Waals surface area contributed by atoms with E-state index in [1.165, 1.54) is 0 Å². The molecule has 0 fully saturated rings. The molecule has 0 bridgehead atoms. The second-order valence-corrected chi connectivity index (χ2v) is 2.79. The molecule has 0 saturated heterocycles. The van der Waals surface area contributed by atoms with Gasteiger partial charge in [0.1, 0.15) is 5.82 Å². The number of rotatable bonds is 1. The second kappa shape index (κ2) is 3.35. The highest BCUT2D eigenvalue weighted by Gasteiger charge is 2.17. The van der Waals surface area contributed by atoms with E-state index in [2.05, 4.69) is 20.7 Å². The van der Waals surface area contributed by atoms with Crippen molar-refractivity contribution < 1.29 is 17.9 Å². The van der Waals surface area contributed by atoms with E-state index in [1.807, 2.05) is 0 Å². The van der Waals surface area contributed by atoms with Crippen LogP contribution < -0.4 is 4.74 Å². The maximum absolute atomic E-state index is 12.7. The van der Waals surface area contributed by atoms with Crippen LogP contribution in [-0.4, -0.2) is 7.11 Å². The van der Waals surface area contributed by atoms with Crippen molar-refractivity contribution >= 4 is 15.9 Å². The van der Waals surface area contributed by atoms with Gasteiger partial charge in [-0.05, 0) is 15.9 Å². The number of benzene rings is 1. The lowest BCUT2D eigenvalue weighted by atomic mass is 10.3. The largest absolute Gasteiger partial charge is 0.492 e. The van der Waals surface area contributed by atoms with Crippen LogP contribution in [0.3, 0.4) is 0 Å². The van der Waals surface area contributed by atoms with Crippen LogP contribution in [0.15, 0.2) is 10.5 Å². The van der Waals surface area contributed by atoms with Gasteiger partial charge in [-0.15, -0.1) is 0 Å². The van der Waals surface area contributed by atoms with Gasteiger partial charge in [-0.3, -0.25) is 0 Å². The third-order valence-electron chi connectivity index (χ3n) is 1.28. The standard InChI is InChI=1S/C7H4BrF3O/c1-12-7-5(8)3(9)2-4(10)6(7)11/h2H,1H3. The fraction of sp³-hybridized carbons (Fsp3) is 0.143. The van der Waals surface area contributed by atoms with Crippen LogP contribution in [0.5, 0.6) is 5.75 Å². The Kier molecular flexibility index (Phi) is 2.62. The van der Waals surface area contributed by atoms with Gasteiger partial charge in [0, 0.05) is 6.07 Å². The molecule has 1 rings (SSSR count). The first-order valence-corrected chi connectivity index (χ1v) is 3.74. The minimum Gasteiger partial charge on any atom is -0.492 e. The van der Waals surface area contributed by atoms with E-state index >= 15 is 0 Å². The van der Waals surface area contributed by atoms with Crippen molar-refractivity contribution in [2.24, 2.45) is 0 Å². The van der Waals surface area contributed by atoms with E-state index in [1.54, 1.807) is 0 Å². The number of methoxy groups -OCH3 is 1. The van der Waals surface area contributed by atoms with Crippen molar-refractivity contribution in [1.29, 1.82) is 0 Å². The maximum atomic E-state index is 12.7. The molecule has 0 N–H and O–H groups in total. The van der Waals surface area contributed by atoms with E-state index in [9.17, 15) is 13.2 Å². The van der Waals surface area contributed by atoms with Crippen LogP contribution in [-0.2, 0) is 0 Å². The fourth-order valence-electron chi connectivity index (χ4n) is 0.730. The predicted octanol–water partition coefficient (Wildman–Crippen LogP) is 2.88. The summed E-state index contributed by atoms with van der Waals surface area (Å²) >= 11 is 2.72. The number of hydrogen-bond donors (Lipinski definition) is 0. The quantitative estimate of drug-likeness (QED) is 0.687. The third kappa shape index (κ3) is 1.41. The molecule has 1 aromatic carbocycles. The first-order chi connectivity index (χ1) is 5.57. The molecule has 0 radical (unpaired) electrons. The Morgan fingerprint density at radius 1 is 1.25 bits per heavy atom. The normalized spacial score (nSPS) is 10.1. The lowest BCUT2D eigenvalue weighted by Crippen LogP contribution is -1.95. The summed E-state index contributed by atoms with van der Waals surface area (Å²) in [6.45, 7) is 0. The van der Waals surface area contributed by atoms with E-state index < -0.39 is 23.2 Å². The number of halogens is 4. The molecular formula is C7H4BrF3O. The molecule has 1 aromatic rings. The van der Waals surface area contributed by atoms with Crippen LogP contribution in [0.4, 0.5) is 13.2 Å². The van der Waals surface area contributed by atoms with Gasteiger partial charge >= 0.3 is 0 Å². The molecule has 1 nitrogen and oxygen atoms in total. The highest BCUT2D eigenvalue weighted by molar-refractivity contribution is 9.10. The summed E-state index contributed by atoms with van der Waals surface area (Å²) in [5.41, 5.74) is 0. The molecule has 0 aliphatic carbocycles. The average molecular weight is 241 g/mol. The van der Waals surface area contributed by atoms with Gasteiger partial charge < -0.3 is 4.74 Å².